The van der Waals surface area contributed by atoms with Gasteiger partial charge in [-0.25, -0.2) is 4.79 Å². The van der Waals surface area contributed by atoms with Crippen LogP contribution in [0.3, 0.4) is 0 Å². The first-order valence-electron chi connectivity index (χ1n) is 3.91. The summed E-state index contributed by atoms with van der Waals surface area (Å²) >= 11 is 0. The molecule has 0 saturated heterocycles. The van der Waals surface area contributed by atoms with E-state index >= 15 is 0 Å². The van der Waals surface area contributed by atoms with Crippen LogP contribution >= 0.6 is 0 Å². The van der Waals surface area contributed by atoms with Gasteiger partial charge in [0.15, 0.2) is 0 Å². The number of carbonyl (C=O) groups is 1. The van der Waals surface area contributed by atoms with Crippen molar-refractivity contribution in [3.05, 3.63) is 35.7 Å². The molecule has 0 radical (unpaired) electrons. The summed E-state index contributed by atoms with van der Waals surface area (Å²) in [5, 5.41) is 0. The summed E-state index contributed by atoms with van der Waals surface area (Å²) in [6.07, 6.45) is 4.78. The minimum absolute atomic E-state index is 0.358. The van der Waals surface area contributed by atoms with Crippen molar-refractivity contribution < 1.29 is 9.53 Å². The van der Waals surface area contributed by atoms with Crippen LogP contribution in [-0.4, -0.2) is 18.1 Å². The van der Waals surface area contributed by atoms with Crippen molar-refractivity contribution in [2.45, 2.75) is 6.92 Å². The third-order valence-electron chi connectivity index (χ3n) is 1.65. The van der Waals surface area contributed by atoms with E-state index in [4.69, 9.17) is 0 Å². The summed E-state index contributed by atoms with van der Waals surface area (Å²) in [6.45, 7) is 1.89. The first-order chi connectivity index (χ1) is 6.24. The highest BCUT2D eigenvalue weighted by molar-refractivity contribution is 5.87. The summed E-state index contributed by atoms with van der Waals surface area (Å²) in [6, 6.07) is 3.71. The second kappa shape index (κ2) is 4.40. The molecule has 1 aromatic rings. The van der Waals surface area contributed by atoms with Crippen LogP contribution < -0.4 is 0 Å². The Morgan fingerprint density at radius 3 is 3.00 bits per heavy atom. The standard InChI is InChI=1S/C10H11NO2/c1-8-9(4-3-7-11-8)5-6-10(12)13-2/h3-7H,1-2H3. The van der Waals surface area contributed by atoms with Gasteiger partial charge in [0, 0.05) is 18.0 Å². The van der Waals surface area contributed by atoms with Crippen LogP contribution in [0.25, 0.3) is 6.08 Å². The number of methoxy groups -OCH3 is 1. The number of hydrogen-bond donors (Lipinski definition) is 0. The molecule has 0 unspecified atom stereocenters. The van der Waals surface area contributed by atoms with Gasteiger partial charge in [-0.15, -0.1) is 0 Å². The first kappa shape index (κ1) is 9.45. The Morgan fingerprint density at radius 2 is 2.38 bits per heavy atom. The first-order valence-corrected chi connectivity index (χ1v) is 3.91. The van der Waals surface area contributed by atoms with E-state index in [-0.39, 0.29) is 5.97 Å². The van der Waals surface area contributed by atoms with Crippen LogP contribution in [0.2, 0.25) is 0 Å². The van der Waals surface area contributed by atoms with Gasteiger partial charge in [-0.05, 0) is 24.6 Å². The van der Waals surface area contributed by atoms with Crippen molar-refractivity contribution in [3.63, 3.8) is 0 Å². The minimum Gasteiger partial charge on any atom is -0.466 e. The van der Waals surface area contributed by atoms with Crippen LogP contribution in [-0.2, 0) is 9.53 Å². The summed E-state index contributed by atoms with van der Waals surface area (Å²) in [5.41, 5.74) is 1.82. The molecule has 0 bridgehead atoms. The number of pyridine rings is 1. The van der Waals surface area contributed by atoms with Gasteiger partial charge in [0.05, 0.1) is 7.11 Å². The van der Waals surface area contributed by atoms with E-state index in [1.54, 1.807) is 12.3 Å². The maximum Gasteiger partial charge on any atom is 0.330 e. The molecular formula is C10H11NO2. The largest absolute Gasteiger partial charge is 0.466 e. The van der Waals surface area contributed by atoms with Crippen LogP contribution in [0.15, 0.2) is 24.4 Å². The molecule has 0 aromatic carbocycles. The molecule has 1 aromatic heterocycles. The van der Waals surface area contributed by atoms with E-state index in [2.05, 4.69) is 9.72 Å². The maximum absolute atomic E-state index is 10.8. The SMILES string of the molecule is COC(=O)C=Cc1cccnc1C. The lowest BCUT2D eigenvalue weighted by Crippen LogP contribution is -1.94. The molecule has 1 rings (SSSR count). The Bertz CT molecular complexity index is 331. The predicted molar refractivity (Wildman–Crippen MR) is 50.0 cm³/mol. The van der Waals surface area contributed by atoms with E-state index in [1.165, 1.54) is 13.2 Å². The predicted octanol–water partition coefficient (Wildman–Crippen LogP) is 1.58. The topological polar surface area (TPSA) is 39.2 Å². The second-order valence-electron chi connectivity index (χ2n) is 2.53. The van der Waals surface area contributed by atoms with Crippen LogP contribution in [0.5, 0.6) is 0 Å². The molecule has 0 fully saturated rings. The van der Waals surface area contributed by atoms with Gasteiger partial charge in [0.25, 0.3) is 0 Å². The third kappa shape index (κ3) is 2.71. The van der Waals surface area contributed by atoms with Gasteiger partial charge in [0.1, 0.15) is 0 Å². The highest BCUT2D eigenvalue weighted by atomic mass is 16.5. The summed E-state index contributed by atoms with van der Waals surface area (Å²) in [7, 11) is 1.35. The lowest BCUT2D eigenvalue weighted by molar-refractivity contribution is -0.134. The van der Waals surface area contributed by atoms with E-state index in [0.29, 0.717) is 0 Å². The number of aromatic nitrogens is 1. The Labute approximate surface area is 77.1 Å². The summed E-state index contributed by atoms with van der Waals surface area (Å²) in [4.78, 5) is 14.8. The van der Waals surface area contributed by atoms with E-state index in [9.17, 15) is 4.79 Å². The normalized spacial score (nSPS) is 10.3. The van der Waals surface area contributed by atoms with Crippen molar-refractivity contribution in [1.82, 2.24) is 4.98 Å². The third-order valence-corrected chi connectivity index (χ3v) is 1.65. The van der Waals surface area contributed by atoms with Crippen molar-refractivity contribution >= 4 is 12.0 Å². The zero-order valence-electron chi connectivity index (χ0n) is 7.65. The minimum atomic E-state index is -0.358. The number of hydrogen-bond acceptors (Lipinski definition) is 3. The Balaban J connectivity index is 2.80. The molecule has 0 amide bonds. The highest BCUT2D eigenvalue weighted by Crippen LogP contribution is 2.05. The van der Waals surface area contributed by atoms with Crippen molar-refractivity contribution in [2.75, 3.05) is 7.11 Å². The lowest BCUT2D eigenvalue weighted by atomic mass is 10.2. The summed E-state index contributed by atoms with van der Waals surface area (Å²) in [5.74, 6) is -0.358. The van der Waals surface area contributed by atoms with Gasteiger partial charge < -0.3 is 4.74 Å². The fraction of sp³-hybridized carbons (Fsp3) is 0.200. The summed E-state index contributed by atoms with van der Waals surface area (Å²) < 4.78 is 4.47. The molecule has 3 heteroatoms. The van der Waals surface area contributed by atoms with E-state index in [1.807, 2.05) is 19.1 Å². The van der Waals surface area contributed by atoms with Gasteiger partial charge >= 0.3 is 5.97 Å². The average Bonchev–Trinajstić information content (AvgIpc) is 2.16. The Morgan fingerprint density at radius 1 is 1.62 bits per heavy atom. The molecule has 0 N–H and O–H groups in total. The van der Waals surface area contributed by atoms with E-state index < -0.39 is 0 Å². The van der Waals surface area contributed by atoms with Crippen LogP contribution in [0.1, 0.15) is 11.3 Å². The number of esters is 1. The fourth-order valence-electron chi connectivity index (χ4n) is 0.899. The van der Waals surface area contributed by atoms with Crippen LogP contribution in [0, 0.1) is 6.92 Å². The maximum atomic E-state index is 10.8. The molecule has 1 heterocycles. The fourth-order valence-corrected chi connectivity index (χ4v) is 0.899. The Hall–Kier alpha value is -1.64. The quantitative estimate of drug-likeness (QED) is 0.508. The molecular weight excluding hydrogens is 166 g/mol. The molecule has 0 saturated carbocycles. The number of carbonyl (C=O) groups excluding carboxylic acids is 1. The van der Waals surface area contributed by atoms with Crippen molar-refractivity contribution in [3.8, 4) is 0 Å². The zero-order chi connectivity index (χ0) is 9.68. The zero-order valence-corrected chi connectivity index (χ0v) is 7.65. The number of rotatable bonds is 2. The second-order valence-corrected chi connectivity index (χ2v) is 2.53. The monoisotopic (exact) mass is 177 g/mol. The molecule has 0 aliphatic carbocycles. The molecule has 68 valence electrons. The smallest absolute Gasteiger partial charge is 0.330 e. The molecule has 13 heavy (non-hydrogen) atoms. The van der Waals surface area contributed by atoms with E-state index in [0.717, 1.165) is 11.3 Å². The molecule has 0 atom stereocenters. The Kier molecular flexibility index (Phi) is 3.20. The van der Waals surface area contributed by atoms with Crippen molar-refractivity contribution in [1.29, 1.82) is 0 Å². The van der Waals surface area contributed by atoms with Gasteiger partial charge in [-0.1, -0.05) is 6.07 Å². The molecule has 0 spiro atoms. The van der Waals surface area contributed by atoms with Crippen LogP contribution in [0.4, 0.5) is 0 Å². The van der Waals surface area contributed by atoms with Gasteiger partial charge in [0.2, 0.25) is 0 Å². The van der Waals surface area contributed by atoms with Crippen molar-refractivity contribution in [2.24, 2.45) is 0 Å². The highest BCUT2D eigenvalue weighted by Gasteiger charge is 1.94. The van der Waals surface area contributed by atoms with Gasteiger partial charge in [-0.3, -0.25) is 4.98 Å². The molecule has 0 aliphatic heterocycles. The van der Waals surface area contributed by atoms with Gasteiger partial charge in [-0.2, -0.15) is 0 Å². The number of ether oxygens (including phenoxy) is 1. The number of aryl methyl sites for hydroxylation is 1. The lowest BCUT2D eigenvalue weighted by Gasteiger charge is -1.96. The number of nitrogens with zero attached hydrogens (tertiary/aromatic N) is 1. The molecule has 0 aliphatic rings. The average molecular weight is 177 g/mol. The molecule has 3 nitrogen and oxygen atoms in total.